The Hall–Kier alpha value is -1.26. The topological polar surface area (TPSA) is 58.6 Å². The van der Waals surface area contributed by atoms with Gasteiger partial charge in [-0.15, -0.1) is 0 Å². The molecule has 1 amide bonds. The van der Waals surface area contributed by atoms with Gasteiger partial charge in [0.25, 0.3) is 0 Å². The largest absolute Gasteiger partial charge is 0.444 e. The molecule has 0 aliphatic heterocycles. The Bertz CT molecular complexity index is 467. The SMILES string of the molecule is C[C@H](O)CCc1cc(Cl)ccc1NC(=O)OC(C)(C)C. The minimum Gasteiger partial charge on any atom is -0.444 e. The second kappa shape index (κ2) is 6.95. The van der Waals surface area contributed by atoms with Gasteiger partial charge in [-0.2, -0.15) is 0 Å². The Balaban J connectivity index is 2.80. The van der Waals surface area contributed by atoms with E-state index >= 15 is 0 Å². The number of ether oxygens (including phenoxy) is 1. The number of rotatable bonds is 4. The van der Waals surface area contributed by atoms with Crippen molar-refractivity contribution in [2.45, 2.75) is 52.2 Å². The molecule has 20 heavy (non-hydrogen) atoms. The van der Waals surface area contributed by atoms with E-state index in [1.807, 2.05) is 20.8 Å². The third-order valence-electron chi connectivity index (χ3n) is 2.53. The summed E-state index contributed by atoms with van der Waals surface area (Å²) in [5, 5.41) is 12.7. The van der Waals surface area contributed by atoms with Gasteiger partial charge < -0.3 is 9.84 Å². The molecule has 4 nitrogen and oxygen atoms in total. The number of halogens is 1. The van der Waals surface area contributed by atoms with E-state index in [1.54, 1.807) is 25.1 Å². The molecule has 0 aromatic heterocycles. The van der Waals surface area contributed by atoms with Gasteiger partial charge in [0.15, 0.2) is 0 Å². The minimum atomic E-state index is -0.545. The van der Waals surface area contributed by atoms with Crippen molar-refractivity contribution >= 4 is 23.4 Å². The van der Waals surface area contributed by atoms with E-state index in [0.29, 0.717) is 23.6 Å². The van der Waals surface area contributed by atoms with E-state index in [1.165, 1.54) is 0 Å². The number of benzene rings is 1. The van der Waals surface area contributed by atoms with Crippen molar-refractivity contribution < 1.29 is 14.6 Å². The van der Waals surface area contributed by atoms with Crippen LogP contribution in [0.1, 0.15) is 39.7 Å². The molecule has 0 spiro atoms. The molecule has 1 aromatic carbocycles. The number of aliphatic hydroxyl groups is 1. The number of nitrogens with one attached hydrogen (secondary N) is 1. The highest BCUT2D eigenvalue weighted by Crippen LogP contribution is 2.23. The average Bonchev–Trinajstić information content (AvgIpc) is 2.26. The molecule has 0 saturated carbocycles. The van der Waals surface area contributed by atoms with Crippen molar-refractivity contribution in [2.75, 3.05) is 5.32 Å². The molecular formula is C15H22ClNO3. The van der Waals surface area contributed by atoms with Crippen LogP contribution in [0.15, 0.2) is 18.2 Å². The fourth-order valence-electron chi connectivity index (χ4n) is 1.67. The standard InChI is InChI=1S/C15H22ClNO3/c1-10(18)5-6-11-9-12(16)7-8-13(11)17-14(19)20-15(2,3)4/h7-10,18H,5-6H2,1-4H3,(H,17,19)/t10-/m0/s1. The molecule has 112 valence electrons. The van der Waals surface area contributed by atoms with Gasteiger partial charge in [-0.3, -0.25) is 5.32 Å². The molecule has 0 aliphatic carbocycles. The zero-order chi connectivity index (χ0) is 15.3. The summed E-state index contributed by atoms with van der Waals surface area (Å²) in [5.41, 5.74) is 0.990. The number of carbonyl (C=O) groups excluding carboxylic acids is 1. The van der Waals surface area contributed by atoms with Gasteiger partial charge in [0.05, 0.1) is 6.10 Å². The van der Waals surface area contributed by atoms with E-state index in [-0.39, 0.29) is 0 Å². The first-order valence-corrected chi connectivity index (χ1v) is 7.01. The van der Waals surface area contributed by atoms with Gasteiger partial charge in [0, 0.05) is 10.7 Å². The van der Waals surface area contributed by atoms with Crippen molar-refractivity contribution in [3.63, 3.8) is 0 Å². The average molecular weight is 300 g/mol. The first-order valence-electron chi connectivity index (χ1n) is 6.64. The van der Waals surface area contributed by atoms with Gasteiger partial charge in [0.2, 0.25) is 0 Å². The Kier molecular flexibility index (Phi) is 5.84. The predicted octanol–water partition coefficient (Wildman–Crippen LogP) is 4.00. The van der Waals surface area contributed by atoms with Gasteiger partial charge in [-0.1, -0.05) is 11.6 Å². The third kappa shape index (κ3) is 6.26. The molecular weight excluding hydrogens is 278 g/mol. The molecule has 1 aromatic rings. The number of anilines is 1. The van der Waals surface area contributed by atoms with Crippen LogP contribution in [0.2, 0.25) is 5.02 Å². The summed E-state index contributed by atoms with van der Waals surface area (Å²) in [4.78, 5) is 11.8. The van der Waals surface area contributed by atoms with Crippen LogP contribution < -0.4 is 5.32 Å². The Morgan fingerprint density at radius 2 is 2.10 bits per heavy atom. The fraction of sp³-hybridized carbons (Fsp3) is 0.533. The summed E-state index contributed by atoms with van der Waals surface area (Å²) >= 11 is 5.97. The van der Waals surface area contributed by atoms with Crippen molar-refractivity contribution in [1.82, 2.24) is 0 Å². The van der Waals surface area contributed by atoms with Crippen LogP contribution in [0, 0.1) is 0 Å². The molecule has 0 heterocycles. The molecule has 0 unspecified atom stereocenters. The highest BCUT2D eigenvalue weighted by atomic mass is 35.5. The lowest BCUT2D eigenvalue weighted by Crippen LogP contribution is -2.27. The van der Waals surface area contributed by atoms with Crippen LogP contribution in [-0.2, 0) is 11.2 Å². The van der Waals surface area contributed by atoms with Crippen LogP contribution in [-0.4, -0.2) is 22.9 Å². The summed E-state index contributed by atoms with van der Waals surface area (Å²) in [7, 11) is 0. The lowest BCUT2D eigenvalue weighted by molar-refractivity contribution is 0.0636. The lowest BCUT2D eigenvalue weighted by atomic mass is 10.1. The molecule has 1 atom stereocenters. The molecule has 5 heteroatoms. The van der Waals surface area contributed by atoms with Crippen molar-refractivity contribution in [1.29, 1.82) is 0 Å². The maximum atomic E-state index is 11.8. The van der Waals surface area contributed by atoms with E-state index in [4.69, 9.17) is 16.3 Å². The van der Waals surface area contributed by atoms with Gasteiger partial charge in [0.1, 0.15) is 5.60 Å². The normalized spacial score (nSPS) is 12.9. The summed E-state index contributed by atoms with van der Waals surface area (Å²) < 4.78 is 5.22. The molecule has 0 aliphatic rings. The highest BCUT2D eigenvalue weighted by Gasteiger charge is 2.17. The molecule has 1 rings (SSSR count). The van der Waals surface area contributed by atoms with Gasteiger partial charge >= 0.3 is 6.09 Å². The number of carbonyl (C=O) groups is 1. The minimum absolute atomic E-state index is 0.400. The highest BCUT2D eigenvalue weighted by molar-refractivity contribution is 6.30. The summed E-state index contributed by atoms with van der Waals surface area (Å²) in [6, 6.07) is 5.24. The molecule has 0 fully saturated rings. The van der Waals surface area contributed by atoms with Gasteiger partial charge in [-0.05, 0) is 64.3 Å². The van der Waals surface area contributed by atoms with E-state index in [9.17, 15) is 9.90 Å². The van der Waals surface area contributed by atoms with Crippen LogP contribution in [0.25, 0.3) is 0 Å². The van der Waals surface area contributed by atoms with E-state index in [2.05, 4.69) is 5.32 Å². The lowest BCUT2D eigenvalue weighted by Gasteiger charge is -2.20. The predicted molar refractivity (Wildman–Crippen MR) is 81.3 cm³/mol. The summed E-state index contributed by atoms with van der Waals surface area (Å²) in [6.45, 7) is 7.15. The van der Waals surface area contributed by atoms with Crippen LogP contribution in [0.5, 0.6) is 0 Å². The van der Waals surface area contributed by atoms with Gasteiger partial charge in [-0.25, -0.2) is 4.79 Å². The zero-order valence-electron chi connectivity index (χ0n) is 12.4. The van der Waals surface area contributed by atoms with E-state index in [0.717, 1.165) is 5.56 Å². The first kappa shape index (κ1) is 16.8. The second-order valence-corrected chi connectivity index (χ2v) is 6.25. The Morgan fingerprint density at radius 3 is 2.65 bits per heavy atom. The van der Waals surface area contributed by atoms with Crippen LogP contribution >= 0.6 is 11.6 Å². The molecule has 2 N–H and O–H groups in total. The van der Waals surface area contributed by atoms with Crippen LogP contribution in [0.4, 0.5) is 10.5 Å². The number of aryl methyl sites for hydroxylation is 1. The fourth-order valence-corrected chi connectivity index (χ4v) is 1.86. The van der Waals surface area contributed by atoms with Crippen molar-refractivity contribution in [2.24, 2.45) is 0 Å². The maximum absolute atomic E-state index is 11.8. The molecule has 0 bridgehead atoms. The van der Waals surface area contributed by atoms with Crippen molar-refractivity contribution in [3.05, 3.63) is 28.8 Å². The molecule has 0 saturated heterocycles. The second-order valence-electron chi connectivity index (χ2n) is 5.82. The number of hydrogen-bond donors (Lipinski definition) is 2. The Morgan fingerprint density at radius 1 is 1.45 bits per heavy atom. The molecule has 0 radical (unpaired) electrons. The maximum Gasteiger partial charge on any atom is 0.412 e. The number of hydrogen-bond acceptors (Lipinski definition) is 3. The third-order valence-corrected chi connectivity index (χ3v) is 2.77. The number of amides is 1. The van der Waals surface area contributed by atoms with E-state index < -0.39 is 17.8 Å². The summed E-state index contributed by atoms with van der Waals surface area (Å²) in [5.74, 6) is 0. The van der Waals surface area contributed by atoms with Crippen molar-refractivity contribution in [3.8, 4) is 0 Å². The zero-order valence-corrected chi connectivity index (χ0v) is 13.1. The Labute approximate surface area is 125 Å². The monoisotopic (exact) mass is 299 g/mol. The first-order chi connectivity index (χ1) is 9.17. The quantitative estimate of drug-likeness (QED) is 0.883. The smallest absolute Gasteiger partial charge is 0.412 e. The number of aliphatic hydroxyl groups excluding tert-OH is 1. The van der Waals surface area contributed by atoms with Crippen LogP contribution in [0.3, 0.4) is 0 Å². The summed E-state index contributed by atoms with van der Waals surface area (Å²) in [6.07, 6.45) is 0.327.